The van der Waals surface area contributed by atoms with Gasteiger partial charge in [0.25, 0.3) is 0 Å². The molecule has 0 bridgehead atoms. The number of carbonyl (C=O) groups excluding carboxylic acids is 2. The molecule has 1 aromatic carbocycles. The Kier molecular flexibility index (Phi) is 6.00. The molecule has 1 atom stereocenters. The molecule has 3 aliphatic heterocycles. The third-order valence-electron chi connectivity index (χ3n) is 6.80. The molecule has 3 aliphatic rings. The molecular weight excluding hydrogens is 352 g/mol. The lowest BCUT2D eigenvalue weighted by atomic mass is 9.78. The van der Waals surface area contributed by atoms with Crippen LogP contribution in [0.25, 0.3) is 0 Å². The Balaban J connectivity index is 1.32. The molecule has 1 unspecified atom stereocenters. The quantitative estimate of drug-likeness (QED) is 0.784. The highest BCUT2D eigenvalue weighted by Gasteiger charge is 2.49. The predicted octanol–water partition coefficient (Wildman–Crippen LogP) is 2.89. The number of carbonyl (C=O) groups is 2. The van der Waals surface area contributed by atoms with Crippen molar-refractivity contribution in [1.82, 2.24) is 9.80 Å². The fraction of sp³-hybridized carbons (Fsp3) is 0.652. The van der Waals surface area contributed by atoms with Crippen molar-refractivity contribution in [1.29, 1.82) is 0 Å². The summed E-state index contributed by atoms with van der Waals surface area (Å²) in [7, 11) is 0. The molecule has 1 aromatic rings. The number of benzene rings is 1. The van der Waals surface area contributed by atoms with Gasteiger partial charge in [0.1, 0.15) is 0 Å². The maximum atomic E-state index is 13.3. The highest BCUT2D eigenvalue weighted by atomic mass is 16.5. The molecule has 2 amide bonds. The van der Waals surface area contributed by atoms with Gasteiger partial charge in [0, 0.05) is 45.3 Å². The molecule has 4 rings (SSSR count). The van der Waals surface area contributed by atoms with Crippen molar-refractivity contribution in [3.63, 3.8) is 0 Å². The summed E-state index contributed by atoms with van der Waals surface area (Å²) in [5.41, 5.74) is 1.00. The van der Waals surface area contributed by atoms with E-state index in [1.165, 1.54) is 5.56 Å². The van der Waals surface area contributed by atoms with Crippen LogP contribution >= 0.6 is 0 Å². The lowest BCUT2D eigenvalue weighted by molar-refractivity contribution is -0.147. The summed E-state index contributed by atoms with van der Waals surface area (Å²) in [4.78, 5) is 30.2. The van der Waals surface area contributed by atoms with Crippen LogP contribution in [0.2, 0.25) is 0 Å². The van der Waals surface area contributed by atoms with Gasteiger partial charge in [-0.15, -0.1) is 0 Å². The van der Waals surface area contributed by atoms with E-state index in [0.717, 1.165) is 64.6 Å². The smallest absolute Gasteiger partial charge is 0.230 e. The number of hydrogen-bond donors (Lipinski definition) is 0. The van der Waals surface area contributed by atoms with Gasteiger partial charge in [0.15, 0.2) is 0 Å². The number of likely N-dealkylation sites (tertiary alicyclic amines) is 2. The first kappa shape index (κ1) is 19.4. The molecule has 0 N–H and O–H groups in total. The molecule has 0 saturated carbocycles. The van der Waals surface area contributed by atoms with Gasteiger partial charge in [-0.2, -0.15) is 0 Å². The number of piperidine rings is 1. The molecule has 1 spiro atoms. The molecule has 5 heteroatoms. The number of ether oxygens (including phenoxy) is 1. The van der Waals surface area contributed by atoms with Gasteiger partial charge in [0.05, 0.1) is 5.41 Å². The van der Waals surface area contributed by atoms with Crippen LogP contribution in [0.5, 0.6) is 0 Å². The second-order valence-electron chi connectivity index (χ2n) is 8.66. The number of aryl methyl sites for hydroxylation is 1. The van der Waals surface area contributed by atoms with Gasteiger partial charge < -0.3 is 14.5 Å². The second-order valence-corrected chi connectivity index (χ2v) is 8.66. The average Bonchev–Trinajstić information content (AvgIpc) is 3.17. The molecule has 152 valence electrons. The molecule has 0 radical (unpaired) electrons. The van der Waals surface area contributed by atoms with Gasteiger partial charge in [-0.25, -0.2) is 0 Å². The Bertz CT molecular complexity index is 686. The SMILES string of the molecule is O=C(C1CCOCC1)N1CCC2(CCCN(CCCc3ccccc3)C2=O)C1. The predicted molar refractivity (Wildman–Crippen MR) is 108 cm³/mol. The largest absolute Gasteiger partial charge is 0.381 e. The normalized spacial score (nSPS) is 26.2. The highest BCUT2D eigenvalue weighted by molar-refractivity contribution is 5.86. The Morgan fingerprint density at radius 2 is 1.89 bits per heavy atom. The third kappa shape index (κ3) is 4.09. The highest BCUT2D eigenvalue weighted by Crippen LogP contribution is 2.41. The van der Waals surface area contributed by atoms with E-state index < -0.39 is 0 Å². The summed E-state index contributed by atoms with van der Waals surface area (Å²) < 4.78 is 5.39. The first-order valence-corrected chi connectivity index (χ1v) is 10.9. The fourth-order valence-corrected chi connectivity index (χ4v) is 5.13. The zero-order chi connectivity index (χ0) is 19.4. The Labute approximate surface area is 168 Å². The van der Waals surface area contributed by atoms with E-state index in [2.05, 4.69) is 29.2 Å². The minimum atomic E-state index is -0.328. The molecular formula is C23H32N2O3. The van der Waals surface area contributed by atoms with E-state index >= 15 is 0 Å². The number of nitrogens with zero attached hydrogens (tertiary/aromatic N) is 2. The fourth-order valence-electron chi connectivity index (χ4n) is 5.13. The van der Waals surface area contributed by atoms with Crippen LogP contribution in [-0.4, -0.2) is 61.0 Å². The average molecular weight is 385 g/mol. The van der Waals surface area contributed by atoms with Gasteiger partial charge in [0.2, 0.25) is 11.8 Å². The minimum absolute atomic E-state index is 0.0876. The number of hydrogen-bond acceptors (Lipinski definition) is 3. The maximum Gasteiger partial charge on any atom is 0.230 e. The van der Waals surface area contributed by atoms with Gasteiger partial charge in [-0.05, 0) is 50.5 Å². The zero-order valence-electron chi connectivity index (χ0n) is 16.8. The van der Waals surface area contributed by atoms with Crippen LogP contribution in [0, 0.1) is 11.3 Å². The summed E-state index contributed by atoms with van der Waals surface area (Å²) in [5.74, 6) is 0.618. The molecule has 3 fully saturated rings. The van der Waals surface area contributed by atoms with Crippen molar-refractivity contribution in [2.45, 2.75) is 44.9 Å². The van der Waals surface area contributed by atoms with Crippen molar-refractivity contribution in [2.75, 3.05) is 39.4 Å². The van der Waals surface area contributed by atoms with Crippen LogP contribution in [0.1, 0.15) is 44.1 Å². The van der Waals surface area contributed by atoms with Crippen LogP contribution < -0.4 is 0 Å². The Morgan fingerprint density at radius 3 is 2.68 bits per heavy atom. The summed E-state index contributed by atoms with van der Waals surface area (Å²) in [6, 6.07) is 10.5. The van der Waals surface area contributed by atoms with E-state index in [1.807, 2.05) is 11.0 Å². The van der Waals surface area contributed by atoms with E-state index in [4.69, 9.17) is 4.74 Å². The minimum Gasteiger partial charge on any atom is -0.381 e. The monoisotopic (exact) mass is 384 g/mol. The molecule has 3 heterocycles. The summed E-state index contributed by atoms with van der Waals surface area (Å²) in [6.07, 6.45) is 6.46. The van der Waals surface area contributed by atoms with Gasteiger partial charge in [-0.1, -0.05) is 30.3 Å². The topological polar surface area (TPSA) is 49.9 Å². The summed E-state index contributed by atoms with van der Waals surface area (Å²) in [5, 5.41) is 0. The lowest BCUT2D eigenvalue weighted by Crippen LogP contribution is -2.51. The molecule has 5 nitrogen and oxygen atoms in total. The van der Waals surface area contributed by atoms with E-state index in [9.17, 15) is 9.59 Å². The van der Waals surface area contributed by atoms with Crippen LogP contribution in [-0.2, 0) is 20.7 Å². The van der Waals surface area contributed by atoms with Crippen molar-refractivity contribution < 1.29 is 14.3 Å². The van der Waals surface area contributed by atoms with Crippen LogP contribution in [0.4, 0.5) is 0 Å². The van der Waals surface area contributed by atoms with Crippen molar-refractivity contribution in [3.05, 3.63) is 35.9 Å². The van der Waals surface area contributed by atoms with E-state index in [-0.39, 0.29) is 23.1 Å². The Morgan fingerprint density at radius 1 is 1.11 bits per heavy atom. The number of amides is 2. The Hall–Kier alpha value is -1.88. The standard InChI is InChI=1S/C23H32N2O3/c26-21(20-9-16-28-17-10-20)25-15-12-23(18-25)11-5-14-24(22(23)27)13-4-8-19-6-2-1-3-7-19/h1-3,6-7,20H,4-5,8-18H2. The molecule has 0 aromatic heterocycles. The zero-order valence-corrected chi connectivity index (χ0v) is 16.8. The van der Waals surface area contributed by atoms with E-state index in [0.29, 0.717) is 19.8 Å². The van der Waals surface area contributed by atoms with Gasteiger partial charge >= 0.3 is 0 Å². The molecule has 0 aliphatic carbocycles. The summed E-state index contributed by atoms with van der Waals surface area (Å²) in [6.45, 7) is 4.41. The van der Waals surface area contributed by atoms with Crippen LogP contribution in [0.3, 0.4) is 0 Å². The second kappa shape index (κ2) is 8.64. The first-order chi connectivity index (χ1) is 13.7. The van der Waals surface area contributed by atoms with E-state index in [1.54, 1.807) is 0 Å². The van der Waals surface area contributed by atoms with Gasteiger partial charge in [-0.3, -0.25) is 9.59 Å². The van der Waals surface area contributed by atoms with Crippen LogP contribution in [0.15, 0.2) is 30.3 Å². The lowest BCUT2D eigenvalue weighted by Gasteiger charge is -2.39. The van der Waals surface area contributed by atoms with Crippen molar-refractivity contribution in [2.24, 2.45) is 11.3 Å². The van der Waals surface area contributed by atoms with Crippen molar-refractivity contribution in [3.8, 4) is 0 Å². The number of rotatable bonds is 5. The third-order valence-corrected chi connectivity index (χ3v) is 6.80. The summed E-state index contributed by atoms with van der Waals surface area (Å²) >= 11 is 0. The van der Waals surface area contributed by atoms with Crippen molar-refractivity contribution >= 4 is 11.8 Å². The molecule has 28 heavy (non-hydrogen) atoms. The first-order valence-electron chi connectivity index (χ1n) is 10.9. The maximum absolute atomic E-state index is 13.3. The molecule has 3 saturated heterocycles.